The van der Waals surface area contributed by atoms with Crippen LogP contribution in [-0.4, -0.2) is 28.5 Å². The zero-order valence-electron chi connectivity index (χ0n) is 18.2. The van der Waals surface area contributed by atoms with Crippen LogP contribution in [0.15, 0.2) is 76.3 Å². The lowest BCUT2D eigenvalue weighted by atomic mass is 9.94. The van der Waals surface area contributed by atoms with Crippen LogP contribution in [0.2, 0.25) is 0 Å². The molecule has 0 saturated carbocycles. The van der Waals surface area contributed by atoms with E-state index in [-0.39, 0.29) is 6.04 Å². The highest BCUT2D eigenvalue weighted by atomic mass is 32.1. The number of ether oxygens (including phenoxy) is 2. The number of aromatic nitrogens is 2. The van der Waals surface area contributed by atoms with Crippen molar-refractivity contribution in [3.05, 3.63) is 83.2 Å². The van der Waals surface area contributed by atoms with Crippen LogP contribution in [0.1, 0.15) is 24.4 Å². The molecule has 1 atom stereocenters. The molecule has 2 aliphatic heterocycles. The van der Waals surface area contributed by atoms with E-state index in [1.165, 1.54) is 0 Å². The fourth-order valence-electron chi connectivity index (χ4n) is 4.24. The molecule has 2 aromatic carbocycles. The van der Waals surface area contributed by atoms with Crippen molar-refractivity contribution in [1.82, 2.24) is 15.5 Å². The van der Waals surface area contributed by atoms with Crippen LogP contribution in [0.5, 0.6) is 11.5 Å². The van der Waals surface area contributed by atoms with Gasteiger partial charge >= 0.3 is 0 Å². The summed E-state index contributed by atoms with van der Waals surface area (Å²) in [6.45, 7) is 3.08. The number of hydrogen-bond donors (Lipinski definition) is 1. The van der Waals surface area contributed by atoms with Gasteiger partial charge in [-0.05, 0) is 48.3 Å². The zero-order chi connectivity index (χ0) is 23.1. The number of anilines is 1. The summed E-state index contributed by atoms with van der Waals surface area (Å²) >= 11 is 7.41. The van der Waals surface area contributed by atoms with Crippen LogP contribution in [0.3, 0.4) is 0 Å². The highest BCUT2D eigenvalue weighted by molar-refractivity contribution is 7.80. The Morgan fingerprint density at radius 2 is 1.85 bits per heavy atom. The monoisotopic (exact) mass is 488 g/mol. The number of nitrogens with one attached hydrogen (secondary N) is 1. The SMILES string of the molecule is CC1=C(c2nc(-c3cccs3)no2)C(c2ccccc2)NC(=S)N1c1ccc2c(c1)OCCO2. The van der Waals surface area contributed by atoms with Crippen LogP contribution < -0.4 is 19.7 Å². The third-order valence-corrected chi connectivity index (χ3v) is 6.97. The Hall–Kier alpha value is -3.69. The summed E-state index contributed by atoms with van der Waals surface area (Å²) in [6, 6.07) is 19.6. The van der Waals surface area contributed by atoms with Crippen molar-refractivity contribution in [3.63, 3.8) is 0 Å². The average Bonchev–Trinajstić information content (AvgIpc) is 3.57. The highest BCUT2D eigenvalue weighted by Crippen LogP contribution is 2.41. The summed E-state index contributed by atoms with van der Waals surface area (Å²) in [5, 5.41) is 10.3. The second-order valence-corrected chi connectivity index (χ2v) is 9.19. The Bertz CT molecular complexity index is 1380. The Morgan fingerprint density at radius 3 is 2.65 bits per heavy atom. The van der Waals surface area contributed by atoms with E-state index in [0.717, 1.165) is 33.1 Å². The third kappa shape index (κ3) is 3.63. The smallest absolute Gasteiger partial charge is 0.258 e. The highest BCUT2D eigenvalue weighted by Gasteiger charge is 2.35. The average molecular weight is 489 g/mol. The number of allylic oxidation sites excluding steroid dienone is 1. The van der Waals surface area contributed by atoms with E-state index in [2.05, 4.69) is 22.6 Å². The molecule has 0 spiro atoms. The van der Waals surface area contributed by atoms with Crippen molar-refractivity contribution < 1.29 is 14.0 Å². The minimum absolute atomic E-state index is 0.237. The quantitative estimate of drug-likeness (QED) is 0.381. The van der Waals surface area contributed by atoms with Gasteiger partial charge in [0, 0.05) is 11.8 Å². The molecule has 9 heteroatoms. The van der Waals surface area contributed by atoms with E-state index < -0.39 is 0 Å². The van der Waals surface area contributed by atoms with E-state index in [0.29, 0.717) is 35.8 Å². The Labute approximate surface area is 205 Å². The van der Waals surface area contributed by atoms with Gasteiger partial charge in [-0.25, -0.2) is 0 Å². The zero-order valence-corrected chi connectivity index (χ0v) is 19.9. The second kappa shape index (κ2) is 8.58. The first-order valence-corrected chi connectivity index (χ1v) is 12.1. The summed E-state index contributed by atoms with van der Waals surface area (Å²) in [5.41, 5.74) is 3.68. The molecular weight excluding hydrogens is 468 g/mol. The molecule has 1 N–H and O–H groups in total. The van der Waals surface area contributed by atoms with Crippen LogP contribution in [0.25, 0.3) is 16.3 Å². The van der Waals surface area contributed by atoms with Gasteiger partial charge < -0.3 is 19.3 Å². The number of fused-ring (bicyclic) bond motifs is 1. The first kappa shape index (κ1) is 20.9. The van der Waals surface area contributed by atoms with Gasteiger partial charge in [-0.1, -0.05) is 41.6 Å². The maximum Gasteiger partial charge on any atom is 0.258 e. The number of benzene rings is 2. The molecule has 2 aromatic heterocycles. The largest absolute Gasteiger partial charge is 0.486 e. The van der Waals surface area contributed by atoms with Gasteiger partial charge in [0.25, 0.3) is 5.89 Å². The van der Waals surface area contributed by atoms with E-state index in [9.17, 15) is 0 Å². The van der Waals surface area contributed by atoms with Crippen molar-refractivity contribution >= 4 is 39.9 Å². The van der Waals surface area contributed by atoms with Gasteiger partial charge in [-0.15, -0.1) is 11.3 Å². The maximum absolute atomic E-state index is 5.83. The topological polar surface area (TPSA) is 72.7 Å². The standard InChI is InChI=1S/C25H20N4O3S2/c1-15-21(24-27-23(28-32-24)20-8-5-13-34-20)22(16-6-3-2-4-7-16)26-25(33)29(15)17-9-10-18-19(14-17)31-12-11-30-18/h2-10,13-14,22H,11-12H2,1H3,(H,26,33). The van der Waals surface area contributed by atoms with E-state index >= 15 is 0 Å². The Balaban J connectivity index is 1.48. The van der Waals surface area contributed by atoms with Crippen LogP contribution >= 0.6 is 23.6 Å². The summed E-state index contributed by atoms with van der Waals surface area (Å²) in [5.74, 6) is 2.44. The summed E-state index contributed by atoms with van der Waals surface area (Å²) in [6.07, 6.45) is 0. The van der Waals surface area contributed by atoms with Crippen molar-refractivity contribution in [2.45, 2.75) is 13.0 Å². The molecule has 34 heavy (non-hydrogen) atoms. The minimum Gasteiger partial charge on any atom is -0.486 e. The lowest BCUT2D eigenvalue weighted by Gasteiger charge is -2.37. The van der Waals surface area contributed by atoms with Gasteiger partial charge in [-0.2, -0.15) is 4.98 Å². The minimum atomic E-state index is -0.237. The molecule has 6 rings (SSSR count). The number of nitrogens with zero attached hydrogens (tertiary/aromatic N) is 3. The normalized spacial score (nSPS) is 17.6. The third-order valence-electron chi connectivity index (χ3n) is 5.80. The number of hydrogen-bond acceptors (Lipinski definition) is 7. The summed E-state index contributed by atoms with van der Waals surface area (Å²) in [7, 11) is 0. The summed E-state index contributed by atoms with van der Waals surface area (Å²) < 4.78 is 17.3. The maximum atomic E-state index is 5.83. The number of thiophene rings is 1. The van der Waals surface area contributed by atoms with Crippen molar-refractivity contribution in [2.24, 2.45) is 0 Å². The van der Waals surface area contributed by atoms with Crippen molar-refractivity contribution in [2.75, 3.05) is 18.1 Å². The van der Waals surface area contributed by atoms with Gasteiger partial charge in [0.15, 0.2) is 16.6 Å². The van der Waals surface area contributed by atoms with E-state index in [1.807, 2.05) is 65.7 Å². The van der Waals surface area contributed by atoms with Gasteiger partial charge in [0.05, 0.1) is 22.2 Å². The first-order valence-electron chi connectivity index (χ1n) is 10.8. The van der Waals surface area contributed by atoms with Crippen molar-refractivity contribution in [3.8, 4) is 22.2 Å². The fourth-order valence-corrected chi connectivity index (χ4v) is 5.25. The summed E-state index contributed by atoms with van der Waals surface area (Å²) in [4.78, 5) is 7.67. The molecule has 0 fully saturated rings. The molecule has 1 unspecified atom stereocenters. The molecule has 7 nitrogen and oxygen atoms in total. The number of rotatable bonds is 4. The molecule has 0 amide bonds. The molecule has 170 valence electrons. The molecule has 4 heterocycles. The lowest BCUT2D eigenvalue weighted by molar-refractivity contribution is 0.171. The molecule has 0 radical (unpaired) electrons. The van der Waals surface area contributed by atoms with E-state index in [1.54, 1.807) is 11.3 Å². The molecule has 4 aromatic rings. The molecule has 0 saturated heterocycles. The van der Waals surface area contributed by atoms with Crippen LogP contribution in [0, 0.1) is 0 Å². The van der Waals surface area contributed by atoms with Gasteiger partial charge in [0.2, 0.25) is 5.82 Å². The van der Waals surface area contributed by atoms with Gasteiger partial charge in [0.1, 0.15) is 13.2 Å². The van der Waals surface area contributed by atoms with Crippen LogP contribution in [-0.2, 0) is 0 Å². The predicted molar refractivity (Wildman–Crippen MR) is 135 cm³/mol. The van der Waals surface area contributed by atoms with Crippen molar-refractivity contribution in [1.29, 1.82) is 0 Å². The lowest BCUT2D eigenvalue weighted by Crippen LogP contribution is -2.46. The number of thiocarbonyl (C=S) groups is 1. The molecule has 0 aliphatic carbocycles. The first-order chi connectivity index (χ1) is 16.7. The Kier molecular flexibility index (Phi) is 5.27. The second-order valence-electron chi connectivity index (χ2n) is 7.86. The molecular formula is C25H20N4O3S2. The van der Waals surface area contributed by atoms with Crippen LogP contribution in [0.4, 0.5) is 5.69 Å². The fraction of sp³-hybridized carbons (Fsp3) is 0.160. The van der Waals surface area contributed by atoms with Gasteiger partial charge in [-0.3, -0.25) is 4.90 Å². The molecule has 0 bridgehead atoms. The van der Waals surface area contributed by atoms with E-state index in [4.69, 9.17) is 31.2 Å². The predicted octanol–water partition coefficient (Wildman–Crippen LogP) is 5.44. The Morgan fingerprint density at radius 1 is 1.03 bits per heavy atom. The molecule has 2 aliphatic rings.